The van der Waals surface area contributed by atoms with Gasteiger partial charge < -0.3 is 0 Å². The van der Waals surface area contributed by atoms with Crippen LogP contribution in [-0.4, -0.2) is 0 Å². The second-order valence-electron chi connectivity index (χ2n) is 9.42. The van der Waals surface area contributed by atoms with Crippen molar-refractivity contribution in [2.24, 2.45) is 5.92 Å². The average molecular weight is 417 g/mol. The first-order chi connectivity index (χ1) is 14.8. The molecule has 0 aromatic heterocycles. The van der Waals surface area contributed by atoms with E-state index in [0.29, 0.717) is 0 Å². The fourth-order valence-corrected chi connectivity index (χ4v) is 4.32. The van der Waals surface area contributed by atoms with E-state index in [2.05, 4.69) is 32.6 Å². The molecular weight excluding hydrogens is 360 g/mol. The predicted octanol–water partition coefficient (Wildman–Crippen LogP) is 10.7. The molecule has 0 saturated carbocycles. The van der Waals surface area contributed by atoms with Crippen molar-refractivity contribution in [2.75, 3.05) is 0 Å². The Labute approximate surface area is 192 Å². The minimum absolute atomic E-state index is 0.943. The van der Waals surface area contributed by atoms with Gasteiger partial charge in [-0.05, 0) is 18.8 Å². The van der Waals surface area contributed by atoms with E-state index in [1.165, 1.54) is 128 Å². The lowest BCUT2D eigenvalue weighted by Gasteiger charge is -2.13. The zero-order valence-electron chi connectivity index (χ0n) is 21.0. The second kappa shape index (κ2) is 26.6. The first-order valence-corrected chi connectivity index (χ1v) is 13.9. The Kier molecular flexibility index (Phi) is 26.2. The lowest BCUT2D eigenvalue weighted by molar-refractivity contribution is 0.403. The summed E-state index contributed by atoms with van der Waals surface area (Å²) < 4.78 is 0. The fraction of sp³-hybridized carbons (Fsp3) is 0.867. The molecule has 30 heavy (non-hydrogen) atoms. The van der Waals surface area contributed by atoms with E-state index in [1.54, 1.807) is 0 Å². The van der Waals surface area contributed by atoms with Crippen molar-refractivity contribution < 1.29 is 0 Å². The lowest BCUT2D eigenvalue weighted by Crippen LogP contribution is -1.98. The van der Waals surface area contributed by atoms with Crippen LogP contribution in [0.3, 0.4) is 0 Å². The van der Waals surface area contributed by atoms with E-state index in [4.69, 9.17) is 0 Å². The quantitative estimate of drug-likeness (QED) is 0.115. The molecule has 0 aliphatic carbocycles. The van der Waals surface area contributed by atoms with E-state index in [9.17, 15) is 0 Å². The first kappa shape index (κ1) is 29.6. The summed E-state index contributed by atoms with van der Waals surface area (Å²) in [7, 11) is 0. The van der Waals surface area contributed by atoms with Crippen LogP contribution >= 0.6 is 0 Å². The topological polar surface area (TPSA) is 0 Å². The molecule has 0 fully saturated rings. The molecule has 0 heteroatoms. The molecule has 0 heterocycles. The third-order valence-corrected chi connectivity index (χ3v) is 6.53. The number of hydrogen-bond donors (Lipinski definition) is 0. The molecule has 176 valence electrons. The molecule has 0 rings (SSSR count). The molecule has 0 aliphatic heterocycles. The lowest BCUT2D eigenvalue weighted by atomic mass is 9.93. The van der Waals surface area contributed by atoms with Crippen molar-refractivity contribution in [1.29, 1.82) is 0 Å². The predicted molar refractivity (Wildman–Crippen MR) is 138 cm³/mol. The molecule has 0 N–H and O–H groups in total. The van der Waals surface area contributed by atoms with E-state index in [1.807, 2.05) is 0 Å². The normalized spacial score (nSPS) is 12.0. The monoisotopic (exact) mass is 416 g/mol. The van der Waals surface area contributed by atoms with Gasteiger partial charge >= 0.3 is 0 Å². The third kappa shape index (κ3) is 23.8. The van der Waals surface area contributed by atoms with Crippen LogP contribution in [0, 0.1) is 31.6 Å². The van der Waals surface area contributed by atoms with Gasteiger partial charge in [-0.15, -0.1) is 11.8 Å². The Morgan fingerprint density at radius 3 is 1.23 bits per heavy atom. The van der Waals surface area contributed by atoms with E-state index >= 15 is 0 Å². The molecule has 0 amide bonds. The van der Waals surface area contributed by atoms with Gasteiger partial charge in [0.15, 0.2) is 0 Å². The van der Waals surface area contributed by atoms with Crippen molar-refractivity contribution >= 4 is 0 Å². The van der Waals surface area contributed by atoms with Crippen LogP contribution in [0.1, 0.15) is 161 Å². The minimum atomic E-state index is 0.943. The van der Waals surface area contributed by atoms with Gasteiger partial charge in [0.2, 0.25) is 0 Å². The molecule has 0 aromatic carbocycles. The molecule has 0 nitrogen and oxygen atoms in total. The highest BCUT2D eigenvalue weighted by molar-refractivity contribution is 4.98. The molecule has 0 bridgehead atoms. The molecule has 2 radical (unpaired) electrons. The van der Waals surface area contributed by atoms with Crippen molar-refractivity contribution in [1.82, 2.24) is 0 Å². The van der Waals surface area contributed by atoms with E-state index in [-0.39, 0.29) is 0 Å². The van der Waals surface area contributed by atoms with Crippen LogP contribution in [0.25, 0.3) is 0 Å². The van der Waals surface area contributed by atoms with Crippen molar-refractivity contribution in [3.8, 4) is 11.8 Å². The molecular formula is C30H56. The Morgan fingerprint density at radius 2 is 0.800 bits per heavy atom. The standard InChI is InChI=1S/C30H56/c1-4-7-9-10-11-12-13-14-15-16-17-18-19-20-21-22-23-24-25-27-29-30(6-3)28-26-8-5-2/h30H,1-2,4-21,24-29H2,3H3. The smallest absolute Gasteiger partial charge is 0.00886 e. The number of rotatable bonds is 23. The third-order valence-electron chi connectivity index (χ3n) is 6.53. The SMILES string of the molecule is [CH2]CCCCCCCCCCCCCCCC#CCCCCC(CC)CCCC[CH2]. The summed E-state index contributed by atoms with van der Waals surface area (Å²) in [5.74, 6) is 7.77. The Hall–Kier alpha value is -0.440. The van der Waals surface area contributed by atoms with Crippen LogP contribution in [0.5, 0.6) is 0 Å². The van der Waals surface area contributed by atoms with E-state index < -0.39 is 0 Å². The summed E-state index contributed by atoms with van der Waals surface area (Å²) >= 11 is 0. The van der Waals surface area contributed by atoms with Gasteiger partial charge in [-0.1, -0.05) is 149 Å². The molecule has 0 aromatic rings. The minimum Gasteiger partial charge on any atom is -0.103 e. The van der Waals surface area contributed by atoms with Crippen LogP contribution in [0.2, 0.25) is 0 Å². The van der Waals surface area contributed by atoms with Crippen LogP contribution < -0.4 is 0 Å². The largest absolute Gasteiger partial charge is 0.103 e. The molecule has 0 saturated heterocycles. The van der Waals surface area contributed by atoms with Gasteiger partial charge in [0.05, 0.1) is 0 Å². The Morgan fingerprint density at radius 1 is 0.467 bits per heavy atom. The maximum atomic E-state index is 3.95. The van der Waals surface area contributed by atoms with Crippen molar-refractivity contribution in [2.45, 2.75) is 161 Å². The van der Waals surface area contributed by atoms with Gasteiger partial charge in [0, 0.05) is 12.8 Å². The zero-order chi connectivity index (χ0) is 22.0. The highest BCUT2D eigenvalue weighted by atomic mass is 14.1. The summed E-state index contributed by atoms with van der Waals surface area (Å²) in [6.45, 7) is 10.2. The number of hydrogen-bond acceptors (Lipinski definition) is 0. The van der Waals surface area contributed by atoms with Crippen molar-refractivity contribution in [3.05, 3.63) is 13.8 Å². The van der Waals surface area contributed by atoms with Gasteiger partial charge in [-0.2, -0.15) is 0 Å². The summed E-state index contributed by atoms with van der Waals surface area (Å²) in [5.41, 5.74) is 0. The molecule has 0 spiro atoms. The Balaban J connectivity index is 3.24. The molecule has 1 atom stereocenters. The molecule has 1 unspecified atom stereocenters. The van der Waals surface area contributed by atoms with Crippen molar-refractivity contribution in [3.63, 3.8) is 0 Å². The maximum absolute atomic E-state index is 3.95. The average Bonchev–Trinajstić information content (AvgIpc) is 2.76. The second-order valence-corrected chi connectivity index (χ2v) is 9.42. The highest BCUT2D eigenvalue weighted by Gasteiger charge is 2.05. The molecule has 0 aliphatic rings. The first-order valence-electron chi connectivity index (χ1n) is 13.9. The Bertz CT molecular complexity index is 358. The summed E-state index contributed by atoms with van der Waals surface area (Å²) in [6.07, 6.45) is 32.4. The van der Waals surface area contributed by atoms with Crippen LogP contribution in [0.15, 0.2) is 0 Å². The maximum Gasteiger partial charge on any atom is 0.00886 e. The summed E-state index contributed by atoms with van der Waals surface area (Å²) in [6, 6.07) is 0. The van der Waals surface area contributed by atoms with E-state index in [0.717, 1.165) is 31.6 Å². The van der Waals surface area contributed by atoms with Gasteiger partial charge in [0.25, 0.3) is 0 Å². The van der Waals surface area contributed by atoms with Crippen LogP contribution in [0.4, 0.5) is 0 Å². The van der Waals surface area contributed by atoms with Gasteiger partial charge in [-0.25, -0.2) is 0 Å². The summed E-state index contributed by atoms with van der Waals surface area (Å²) in [4.78, 5) is 0. The van der Waals surface area contributed by atoms with Gasteiger partial charge in [-0.3, -0.25) is 0 Å². The highest BCUT2D eigenvalue weighted by Crippen LogP contribution is 2.20. The van der Waals surface area contributed by atoms with Crippen LogP contribution in [-0.2, 0) is 0 Å². The number of unbranched alkanes of at least 4 members (excludes halogenated alkanes) is 18. The fourth-order valence-electron chi connectivity index (χ4n) is 4.32. The summed E-state index contributed by atoms with van der Waals surface area (Å²) in [5, 5.41) is 0. The zero-order valence-corrected chi connectivity index (χ0v) is 21.0. The van der Waals surface area contributed by atoms with Gasteiger partial charge in [0.1, 0.15) is 0 Å².